The van der Waals surface area contributed by atoms with E-state index in [1.807, 2.05) is 36.4 Å². The van der Waals surface area contributed by atoms with Crippen LogP contribution in [0.3, 0.4) is 0 Å². The van der Waals surface area contributed by atoms with Gasteiger partial charge in [-0.1, -0.05) is 23.4 Å². The largest absolute Gasteiger partial charge is 0.292 e. The highest BCUT2D eigenvalue weighted by atomic mass is 16.2. The number of benzene rings is 1. The number of aromatic amines is 1. The van der Waals surface area contributed by atoms with E-state index in [0.29, 0.717) is 11.5 Å². The summed E-state index contributed by atoms with van der Waals surface area (Å²) in [6.07, 6.45) is 1.66. The second-order valence-corrected chi connectivity index (χ2v) is 5.01. The van der Waals surface area contributed by atoms with Crippen molar-refractivity contribution in [2.75, 3.05) is 5.32 Å². The molecule has 24 heavy (non-hydrogen) atoms. The first kappa shape index (κ1) is 14.0. The predicted octanol–water partition coefficient (Wildman–Crippen LogP) is 1.25. The molecular formula is C15H12N8O. The standard InChI is InChI=1S/C15H12N8O/c24-13(9-23-12-7-2-1-5-10(12)19-22-23)17-15-18-14(20-21-15)11-6-3-4-8-16-11/h1-8H,9H2,(H2,17,18,20,21,24). The van der Waals surface area contributed by atoms with Crippen molar-refractivity contribution in [3.05, 3.63) is 48.7 Å². The monoisotopic (exact) mass is 320 g/mol. The van der Waals surface area contributed by atoms with Gasteiger partial charge in [-0.25, -0.2) is 4.68 Å². The third-order valence-electron chi connectivity index (χ3n) is 3.36. The van der Waals surface area contributed by atoms with Gasteiger partial charge in [-0.2, -0.15) is 4.98 Å². The maximum Gasteiger partial charge on any atom is 0.249 e. The first-order chi connectivity index (χ1) is 11.8. The molecule has 0 fully saturated rings. The fraction of sp³-hybridized carbons (Fsp3) is 0.0667. The van der Waals surface area contributed by atoms with Crippen LogP contribution >= 0.6 is 0 Å². The van der Waals surface area contributed by atoms with E-state index in [1.54, 1.807) is 12.3 Å². The Balaban J connectivity index is 1.48. The van der Waals surface area contributed by atoms with E-state index in [2.05, 4.69) is 35.8 Å². The summed E-state index contributed by atoms with van der Waals surface area (Å²) in [6, 6.07) is 12.9. The third kappa shape index (κ3) is 2.70. The van der Waals surface area contributed by atoms with Crippen LogP contribution in [0.1, 0.15) is 0 Å². The molecule has 3 aromatic heterocycles. The highest BCUT2D eigenvalue weighted by Gasteiger charge is 2.12. The highest BCUT2D eigenvalue weighted by molar-refractivity contribution is 5.89. The van der Waals surface area contributed by atoms with Gasteiger partial charge in [0.25, 0.3) is 0 Å². The molecule has 118 valence electrons. The van der Waals surface area contributed by atoms with Gasteiger partial charge in [-0.3, -0.25) is 20.2 Å². The van der Waals surface area contributed by atoms with Gasteiger partial charge in [0.2, 0.25) is 11.9 Å². The maximum absolute atomic E-state index is 12.2. The first-order valence-electron chi connectivity index (χ1n) is 7.21. The number of nitrogens with zero attached hydrogens (tertiary/aromatic N) is 6. The van der Waals surface area contributed by atoms with Gasteiger partial charge < -0.3 is 0 Å². The van der Waals surface area contributed by atoms with Crippen LogP contribution < -0.4 is 5.32 Å². The van der Waals surface area contributed by atoms with Crippen molar-refractivity contribution in [3.8, 4) is 11.5 Å². The molecule has 0 aliphatic carbocycles. The number of fused-ring (bicyclic) bond motifs is 1. The van der Waals surface area contributed by atoms with E-state index in [4.69, 9.17) is 0 Å². The molecule has 9 nitrogen and oxygen atoms in total. The van der Waals surface area contributed by atoms with Crippen molar-refractivity contribution in [3.63, 3.8) is 0 Å². The van der Waals surface area contributed by atoms with Crippen molar-refractivity contribution < 1.29 is 4.79 Å². The van der Waals surface area contributed by atoms with E-state index in [-0.39, 0.29) is 18.4 Å². The minimum atomic E-state index is -0.294. The third-order valence-corrected chi connectivity index (χ3v) is 3.36. The SMILES string of the molecule is O=C(Cn1nnc2ccccc21)Nc1n[nH]c(-c2ccccn2)n1. The molecule has 0 saturated carbocycles. The van der Waals surface area contributed by atoms with Gasteiger partial charge in [0.15, 0.2) is 5.82 Å². The number of para-hydroxylation sites is 1. The number of amides is 1. The van der Waals surface area contributed by atoms with Gasteiger partial charge in [0.05, 0.1) is 5.52 Å². The number of pyridine rings is 1. The number of carbonyl (C=O) groups excluding carboxylic acids is 1. The van der Waals surface area contributed by atoms with Crippen LogP contribution in [0, 0.1) is 0 Å². The molecule has 3 heterocycles. The summed E-state index contributed by atoms with van der Waals surface area (Å²) in [5, 5.41) is 17.3. The highest BCUT2D eigenvalue weighted by Crippen LogP contribution is 2.13. The lowest BCUT2D eigenvalue weighted by atomic mass is 10.3. The van der Waals surface area contributed by atoms with E-state index in [9.17, 15) is 4.79 Å². The molecule has 9 heteroatoms. The number of rotatable bonds is 4. The summed E-state index contributed by atoms with van der Waals surface area (Å²) in [4.78, 5) is 20.5. The number of carbonyl (C=O) groups is 1. The first-order valence-corrected chi connectivity index (χ1v) is 7.21. The minimum absolute atomic E-state index is 0.0218. The Morgan fingerprint density at radius 1 is 1.17 bits per heavy atom. The van der Waals surface area contributed by atoms with Crippen molar-refractivity contribution in [1.82, 2.24) is 35.2 Å². The summed E-state index contributed by atoms with van der Waals surface area (Å²) < 4.78 is 1.52. The van der Waals surface area contributed by atoms with Crippen LogP contribution in [-0.2, 0) is 11.3 Å². The molecule has 0 atom stereocenters. The second-order valence-electron chi connectivity index (χ2n) is 5.01. The molecular weight excluding hydrogens is 308 g/mol. The molecule has 1 amide bonds. The fourth-order valence-electron chi connectivity index (χ4n) is 2.27. The Hall–Kier alpha value is -3.62. The molecule has 4 rings (SSSR count). The lowest BCUT2D eigenvalue weighted by Crippen LogP contribution is -2.20. The van der Waals surface area contributed by atoms with Crippen LogP contribution in [0.25, 0.3) is 22.6 Å². The summed E-state index contributed by atoms with van der Waals surface area (Å²) in [7, 11) is 0. The van der Waals surface area contributed by atoms with Gasteiger partial charge >= 0.3 is 0 Å². The van der Waals surface area contributed by atoms with E-state index in [0.717, 1.165) is 11.0 Å². The maximum atomic E-state index is 12.2. The van der Waals surface area contributed by atoms with Crippen LogP contribution in [-0.4, -0.2) is 41.1 Å². The summed E-state index contributed by atoms with van der Waals surface area (Å²) in [5.74, 6) is 0.374. The van der Waals surface area contributed by atoms with Gasteiger partial charge in [0, 0.05) is 6.20 Å². The van der Waals surface area contributed by atoms with Crippen LogP contribution in [0.4, 0.5) is 5.95 Å². The second kappa shape index (κ2) is 5.88. The van der Waals surface area contributed by atoms with E-state index in [1.165, 1.54) is 4.68 Å². The Labute approximate surface area is 135 Å². The molecule has 0 aliphatic heterocycles. The van der Waals surface area contributed by atoms with Crippen molar-refractivity contribution in [2.24, 2.45) is 0 Å². The van der Waals surface area contributed by atoms with Gasteiger partial charge in [-0.05, 0) is 24.3 Å². The van der Waals surface area contributed by atoms with E-state index < -0.39 is 0 Å². The summed E-state index contributed by atoms with van der Waals surface area (Å²) in [5.41, 5.74) is 2.17. The number of H-pyrrole nitrogens is 1. The molecule has 0 aliphatic rings. The van der Waals surface area contributed by atoms with Crippen molar-refractivity contribution >= 4 is 22.9 Å². The molecule has 1 aromatic carbocycles. The fourth-order valence-corrected chi connectivity index (χ4v) is 2.27. The van der Waals surface area contributed by atoms with Gasteiger partial charge in [0.1, 0.15) is 17.8 Å². The lowest BCUT2D eigenvalue weighted by molar-refractivity contribution is -0.116. The topological polar surface area (TPSA) is 114 Å². The molecule has 2 N–H and O–H groups in total. The average Bonchev–Trinajstić information content (AvgIpc) is 3.23. The van der Waals surface area contributed by atoms with E-state index >= 15 is 0 Å². The quantitative estimate of drug-likeness (QED) is 0.585. The Bertz CT molecular complexity index is 991. The smallest absolute Gasteiger partial charge is 0.249 e. The molecule has 0 spiro atoms. The zero-order valence-electron chi connectivity index (χ0n) is 12.4. The number of hydrogen-bond donors (Lipinski definition) is 2. The Morgan fingerprint density at radius 2 is 2.04 bits per heavy atom. The van der Waals surface area contributed by atoms with Crippen LogP contribution in [0.2, 0.25) is 0 Å². The average molecular weight is 320 g/mol. The molecule has 0 radical (unpaired) electrons. The molecule has 0 saturated heterocycles. The van der Waals surface area contributed by atoms with Crippen molar-refractivity contribution in [2.45, 2.75) is 6.54 Å². The summed E-state index contributed by atoms with van der Waals surface area (Å²) >= 11 is 0. The lowest BCUT2D eigenvalue weighted by Gasteiger charge is -2.01. The van der Waals surface area contributed by atoms with Gasteiger partial charge in [-0.15, -0.1) is 10.2 Å². The zero-order valence-corrected chi connectivity index (χ0v) is 12.4. The Kier molecular flexibility index (Phi) is 3.43. The van der Waals surface area contributed by atoms with Crippen molar-refractivity contribution in [1.29, 1.82) is 0 Å². The summed E-state index contributed by atoms with van der Waals surface area (Å²) in [6.45, 7) is 0.0218. The zero-order chi connectivity index (χ0) is 16.4. The Morgan fingerprint density at radius 3 is 2.92 bits per heavy atom. The number of hydrogen-bond acceptors (Lipinski definition) is 6. The number of aromatic nitrogens is 7. The normalized spacial score (nSPS) is 10.8. The predicted molar refractivity (Wildman–Crippen MR) is 85.8 cm³/mol. The molecule has 0 unspecified atom stereocenters. The number of nitrogens with one attached hydrogen (secondary N) is 2. The number of anilines is 1. The molecule has 4 aromatic rings. The van der Waals surface area contributed by atoms with Crippen LogP contribution in [0.5, 0.6) is 0 Å². The molecule has 0 bridgehead atoms. The van der Waals surface area contributed by atoms with Crippen LogP contribution in [0.15, 0.2) is 48.7 Å². The minimum Gasteiger partial charge on any atom is -0.292 e.